The highest BCUT2D eigenvalue weighted by Gasteiger charge is 2.18. The first-order valence-electron chi connectivity index (χ1n) is 12.4. The Balaban J connectivity index is 1.41. The Morgan fingerprint density at radius 1 is 0.889 bits per heavy atom. The second-order valence-electron chi connectivity index (χ2n) is 9.01. The highest BCUT2D eigenvalue weighted by Crippen LogP contribution is 2.32. The molecule has 3 heterocycles. The molecule has 36 heavy (non-hydrogen) atoms. The van der Waals surface area contributed by atoms with Crippen LogP contribution in [-0.2, 0) is 9.47 Å². The molecule has 2 aliphatic heterocycles. The van der Waals surface area contributed by atoms with Crippen LogP contribution in [0.3, 0.4) is 0 Å². The van der Waals surface area contributed by atoms with E-state index in [4.69, 9.17) is 19.2 Å². The van der Waals surface area contributed by atoms with Gasteiger partial charge >= 0.3 is 0 Å². The zero-order chi connectivity index (χ0) is 24.9. The Kier molecular flexibility index (Phi) is 7.39. The Morgan fingerprint density at radius 3 is 2.14 bits per heavy atom. The lowest BCUT2D eigenvalue weighted by atomic mass is 10.2. The van der Waals surface area contributed by atoms with Gasteiger partial charge in [0, 0.05) is 68.2 Å². The van der Waals surface area contributed by atoms with Gasteiger partial charge in [-0.2, -0.15) is 4.98 Å². The molecular weight excluding hydrogens is 456 g/mol. The van der Waals surface area contributed by atoms with Gasteiger partial charge in [0.05, 0.1) is 33.5 Å². The van der Waals surface area contributed by atoms with Crippen LogP contribution in [0.1, 0.15) is 5.56 Å². The Bertz CT molecular complexity index is 1140. The maximum Gasteiger partial charge on any atom is 0.229 e. The molecule has 9 nitrogen and oxygen atoms in total. The third-order valence-electron chi connectivity index (χ3n) is 6.67. The summed E-state index contributed by atoms with van der Waals surface area (Å²) in [6.45, 7) is 8.51. The number of hydrogen-bond donors (Lipinski definition) is 1. The summed E-state index contributed by atoms with van der Waals surface area (Å²) in [5.74, 6) is 2.18. The molecule has 2 saturated heterocycles. The maximum atomic E-state index is 5.57. The van der Waals surface area contributed by atoms with Crippen molar-refractivity contribution in [1.29, 1.82) is 0 Å². The number of anilines is 6. The molecule has 3 aromatic rings. The Hall–Kier alpha value is -3.56. The van der Waals surface area contributed by atoms with Gasteiger partial charge in [0.2, 0.25) is 5.95 Å². The number of morpholine rings is 2. The minimum Gasteiger partial charge on any atom is -0.496 e. The van der Waals surface area contributed by atoms with Crippen molar-refractivity contribution in [1.82, 2.24) is 9.97 Å². The van der Waals surface area contributed by atoms with Gasteiger partial charge in [-0.25, -0.2) is 4.98 Å². The fourth-order valence-corrected chi connectivity index (χ4v) is 4.55. The predicted octanol–water partition coefficient (Wildman–Crippen LogP) is 3.98. The van der Waals surface area contributed by atoms with Gasteiger partial charge in [-0.15, -0.1) is 0 Å². The molecule has 2 aromatic carbocycles. The Morgan fingerprint density at radius 2 is 1.53 bits per heavy atom. The van der Waals surface area contributed by atoms with E-state index >= 15 is 0 Å². The van der Waals surface area contributed by atoms with Crippen LogP contribution in [0.4, 0.5) is 34.5 Å². The molecule has 2 aliphatic rings. The molecule has 2 fully saturated rings. The average molecular weight is 491 g/mol. The molecule has 5 rings (SSSR count). The van der Waals surface area contributed by atoms with Crippen molar-refractivity contribution in [3.8, 4) is 5.75 Å². The van der Waals surface area contributed by atoms with Crippen LogP contribution in [-0.4, -0.2) is 76.7 Å². The summed E-state index contributed by atoms with van der Waals surface area (Å²) in [7, 11) is 3.68. The zero-order valence-corrected chi connectivity index (χ0v) is 21.2. The first kappa shape index (κ1) is 24.1. The van der Waals surface area contributed by atoms with E-state index in [2.05, 4.69) is 50.4 Å². The Labute approximate surface area is 212 Å². The summed E-state index contributed by atoms with van der Waals surface area (Å²) in [5.41, 5.74) is 5.38. The van der Waals surface area contributed by atoms with E-state index in [-0.39, 0.29) is 0 Å². The minimum atomic E-state index is 0.547. The molecular formula is C27H34N6O3. The molecule has 0 radical (unpaired) electrons. The van der Waals surface area contributed by atoms with Crippen LogP contribution in [0.25, 0.3) is 0 Å². The molecule has 0 aliphatic carbocycles. The SMILES string of the molecule is COc1cc(N(C)c2ccnc(Nc3cc(N4CCOCC4)cc(N4CCOCC4)c3)n2)ccc1C. The number of rotatable bonds is 7. The minimum absolute atomic E-state index is 0.547. The normalized spacial score (nSPS) is 16.1. The van der Waals surface area contributed by atoms with Gasteiger partial charge in [-0.05, 0) is 42.8 Å². The second kappa shape index (κ2) is 11.0. The lowest BCUT2D eigenvalue weighted by Gasteiger charge is -2.33. The third kappa shape index (κ3) is 5.47. The van der Waals surface area contributed by atoms with Crippen molar-refractivity contribution >= 4 is 34.5 Å². The molecule has 0 unspecified atom stereocenters. The quantitative estimate of drug-likeness (QED) is 0.529. The van der Waals surface area contributed by atoms with Gasteiger partial charge in [-0.1, -0.05) is 6.07 Å². The smallest absolute Gasteiger partial charge is 0.229 e. The van der Waals surface area contributed by atoms with Crippen LogP contribution in [0.15, 0.2) is 48.7 Å². The van der Waals surface area contributed by atoms with Gasteiger partial charge < -0.3 is 34.2 Å². The topological polar surface area (TPSA) is 75.2 Å². The standard InChI is InChI=1S/C27H34N6O3/c1-20-4-5-22(19-25(20)34-3)31(2)26-6-7-28-27(30-26)29-21-16-23(32-8-12-35-13-9-32)18-24(17-21)33-10-14-36-15-11-33/h4-7,16-19H,8-15H2,1-3H3,(H,28,29,30). The number of nitrogens with zero attached hydrogens (tertiary/aromatic N) is 5. The summed E-state index contributed by atoms with van der Waals surface area (Å²) < 4.78 is 16.6. The van der Waals surface area contributed by atoms with Gasteiger partial charge in [0.1, 0.15) is 11.6 Å². The zero-order valence-electron chi connectivity index (χ0n) is 21.2. The summed E-state index contributed by atoms with van der Waals surface area (Å²) >= 11 is 0. The molecule has 0 spiro atoms. The van der Waals surface area contributed by atoms with Crippen LogP contribution in [0.2, 0.25) is 0 Å². The van der Waals surface area contributed by atoms with Gasteiger partial charge in [0.15, 0.2) is 0 Å². The van der Waals surface area contributed by atoms with Crippen molar-refractivity contribution in [3.63, 3.8) is 0 Å². The van der Waals surface area contributed by atoms with E-state index in [0.29, 0.717) is 5.95 Å². The number of ether oxygens (including phenoxy) is 3. The van der Waals surface area contributed by atoms with Crippen molar-refractivity contribution in [2.24, 2.45) is 0 Å². The van der Waals surface area contributed by atoms with Gasteiger partial charge in [-0.3, -0.25) is 0 Å². The summed E-state index contributed by atoms with van der Waals surface area (Å²) in [6.07, 6.45) is 1.78. The van der Waals surface area contributed by atoms with Crippen molar-refractivity contribution in [2.45, 2.75) is 6.92 Å². The number of benzene rings is 2. The maximum absolute atomic E-state index is 5.57. The fraction of sp³-hybridized carbons (Fsp3) is 0.407. The number of methoxy groups -OCH3 is 1. The first-order valence-corrected chi connectivity index (χ1v) is 12.4. The molecule has 1 aromatic heterocycles. The highest BCUT2D eigenvalue weighted by atomic mass is 16.5. The number of aromatic nitrogens is 2. The van der Waals surface area contributed by atoms with Crippen LogP contribution in [0.5, 0.6) is 5.75 Å². The van der Waals surface area contributed by atoms with E-state index in [1.54, 1.807) is 13.3 Å². The highest BCUT2D eigenvalue weighted by molar-refractivity contribution is 5.72. The van der Waals surface area contributed by atoms with E-state index in [1.165, 1.54) is 11.4 Å². The average Bonchev–Trinajstić information content (AvgIpc) is 2.94. The lowest BCUT2D eigenvalue weighted by Crippen LogP contribution is -2.38. The number of aryl methyl sites for hydroxylation is 1. The van der Waals surface area contributed by atoms with E-state index in [0.717, 1.165) is 81.1 Å². The van der Waals surface area contributed by atoms with Gasteiger partial charge in [0.25, 0.3) is 0 Å². The van der Waals surface area contributed by atoms with Crippen molar-refractivity contribution in [2.75, 3.05) is 86.8 Å². The van der Waals surface area contributed by atoms with Crippen molar-refractivity contribution < 1.29 is 14.2 Å². The summed E-state index contributed by atoms with van der Waals surface area (Å²) in [6, 6.07) is 14.6. The lowest BCUT2D eigenvalue weighted by molar-refractivity contribution is 0.122. The van der Waals surface area contributed by atoms with E-state index in [9.17, 15) is 0 Å². The molecule has 190 valence electrons. The molecule has 9 heteroatoms. The van der Waals surface area contributed by atoms with Crippen molar-refractivity contribution in [3.05, 3.63) is 54.2 Å². The largest absolute Gasteiger partial charge is 0.496 e. The van der Waals surface area contributed by atoms with Crippen LogP contribution in [0, 0.1) is 6.92 Å². The monoisotopic (exact) mass is 490 g/mol. The molecule has 0 bridgehead atoms. The van der Waals surface area contributed by atoms with Crippen LogP contribution < -0.4 is 24.8 Å². The molecule has 1 N–H and O–H groups in total. The number of nitrogens with one attached hydrogen (secondary N) is 1. The van der Waals surface area contributed by atoms with E-state index in [1.807, 2.05) is 31.0 Å². The molecule has 0 saturated carbocycles. The number of hydrogen-bond acceptors (Lipinski definition) is 9. The first-order chi connectivity index (χ1) is 17.6. The summed E-state index contributed by atoms with van der Waals surface area (Å²) in [4.78, 5) is 16.1. The molecule has 0 atom stereocenters. The fourth-order valence-electron chi connectivity index (χ4n) is 4.55. The third-order valence-corrected chi connectivity index (χ3v) is 6.67. The van der Waals surface area contributed by atoms with E-state index < -0.39 is 0 Å². The summed E-state index contributed by atoms with van der Waals surface area (Å²) in [5, 5.41) is 3.45. The molecule has 0 amide bonds. The van der Waals surface area contributed by atoms with Crippen LogP contribution >= 0.6 is 0 Å². The second-order valence-corrected chi connectivity index (χ2v) is 9.01. The predicted molar refractivity (Wildman–Crippen MR) is 144 cm³/mol.